The first-order valence-electron chi connectivity index (χ1n) is 11.0. The van der Waals surface area contributed by atoms with E-state index in [9.17, 15) is 9.59 Å². The van der Waals surface area contributed by atoms with Crippen LogP contribution in [0.2, 0.25) is 0 Å². The lowest BCUT2D eigenvalue weighted by Crippen LogP contribution is -2.43. The van der Waals surface area contributed by atoms with Crippen molar-refractivity contribution in [2.75, 3.05) is 10.2 Å². The summed E-state index contributed by atoms with van der Waals surface area (Å²) in [6.45, 7) is 3.65. The number of amides is 2. The minimum absolute atomic E-state index is 0.00503. The summed E-state index contributed by atoms with van der Waals surface area (Å²) in [6.07, 6.45) is 7.36. The van der Waals surface area contributed by atoms with Crippen molar-refractivity contribution in [3.8, 4) is 0 Å². The maximum Gasteiger partial charge on any atom is 0.248 e. The first-order valence-corrected chi connectivity index (χ1v) is 11.0. The normalized spacial score (nSPS) is 21.7. The molecule has 0 bridgehead atoms. The molecule has 1 fully saturated rings. The number of fused-ring (bicyclic) bond motifs is 1. The summed E-state index contributed by atoms with van der Waals surface area (Å²) in [5.74, 6) is 0.234. The van der Waals surface area contributed by atoms with Crippen molar-refractivity contribution in [2.24, 2.45) is 5.73 Å². The van der Waals surface area contributed by atoms with E-state index < -0.39 is 5.91 Å². The van der Waals surface area contributed by atoms with Crippen LogP contribution in [0.1, 0.15) is 85.8 Å². The second-order valence-electron chi connectivity index (χ2n) is 8.77. The van der Waals surface area contributed by atoms with Gasteiger partial charge in [-0.05, 0) is 73.6 Å². The zero-order valence-corrected chi connectivity index (χ0v) is 17.9. The molecule has 2 aliphatic rings. The lowest BCUT2D eigenvalue weighted by Gasteiger charge is -2.39. The second-order valence-corrected chi connectivity index (χ2v) is 8.77. The van der Waals surface area contributed by atoms with E-state index in [1.807, 2.05) is 17.0 Å². The lowest BCUT2D eigenvalue weighted by atomic mass is 9.84. The van der Waals surface area contributed by atoms with E-state index in [2.05, 4.69) is 36.5 Å². The zero-order valence-electron chi connectivity index (χ0n) is 17.9. The molecule has 30 heavy (non-hydrogen) atoms. The fraction of sp³-hybridized carbons (Fsp3) is 0.440. The predicted molar refractivity (Wildman–Crippen MR) is 121 cm³/mol. The summed E-state index contributed by atoms with van der Waals surface area (Å²) in [4.78, 5) is 25.8. The number of hydrogen-bond acceptors (Lipinski definition) is 3. The van der Waals surface area contributed by atoms with Gasteiger partial charge in [0.2, 0.25) is 11.8 Å². The largest absolute Gasteiger partial charge is 0.378 e. The number of carbonyl (C=O) groups is 2. The lowest BCUT2D eigenvalue weighted by molar-refractivity contribution is -0.117. The van der Waals surface area contributed by atoms with Crippen LogP contribution >= 0.6 is 0 Å². The molecular formula is C25H31N3O2. The molecule has 158 valence electrons. The molecule has 2 aromatic rings. The van der Waals surface area contributed by atoms with Crippen LogP contribution in [0.4, 0.5) is 11.4 Å². The number of anilines is 2. The van der Waals surface area contributed by atoms with Crippen molar-refractivity contribution >= 4 is 23.2 Å². The molecule has 0 radical (unpaired) electrons. The molecule has 0 aromatic heterocycles. The summed E-state index contributed by atoms with van der Waals surface area (Å²) in [6, 6.07) is 14.2. The van der Waals surface area contributed by atoms with E-state index in [0.29, 0.717) is 11.5 Å². The molecule has 3 N–H and O–H groups in total. The summed E-state index contributed by atoms with van der Waals surface area (Å²) < 4.78 is 0. The van der Waals surface area contributed by atoms with Gasteiger partial charge in [-0.3, -0.25) is 9.59 Å². The van der Waals surface area contributed by atoms with Gasteiger partial charge in [-0.1, -0.05) is 31.4 Å². The van der Waals surface area contributed by atoms with Crippen LogP contribution in [0.5, 0.6) is 0 Å². The van der Waals surface area contributed by atoms with Gasteiger partial charge in [0.15, 0.2) is 0 Å². The number of benzene rings is 2. The van der Waals surface area contributed by atoms with E-state index >= 15 is 0 Å². The highest BCUT2D eigenvalue weighted by atomic mass is 16.2. The van der Waals surface area contributed by atoms with Crippen LogP contribution in [0.15, 0.2) is 42.5 Å². The van der Waals surface area contributed by atoms with Crippen LogP contribution in [-0.2, 0) is 4.79 Å². The fourth-order valence-electron chi connectivity index (χ4n) is 5.12. The quantitative estimate of drug-likeness (QED) is 0.740. The van der Waals surface area contributed by atoms with Gasteiger partial charge in [0.25, 0.3) is 0 Å². The molecular weight excluding hydrogens is 374 g/mol. The number of nitrogens with one attached hydrogen (secondary N) is 1. The Morgan fingerprint density at radius 2 is 1.73 bits per heavy atom. The van der Waals surface area contributed by atoms with Crippen molar-refractivity contribution < 1.29 is 9.59 Å². The third-order valence-electron chi connectivity index (χ3n) is 6.63. The Morgan fingerprint density at radius 3 is 2.37 bits per heavy atom. The number of rotatable bonds is 4. The molecule has 2 aromatic carbocycles. The van der Waals surface area contributed by atoms with Gasteiger partial charge in [0, 0.05) is 29.9 Å². The maximum absolute atomic E-state index is 12.3. The second kappa shape index (κ2) is 8.50. The van der Waals surface area contributed by atoms with Crippen LogP contribution in [0.25, 0.3) is 0 Å². The van der Waals surface area contributed by atoms with Crippen molar-refractivity contribution in [3.05, 3.63) is 59.2 Å². The van der Waals surface area contributed by atoms with Crippen LogP contribution in [-0.4, -0.2) is 17.9 Å². The number of nitrogens with two attached hydrogens (primary N) is 1. The molecule has 0 saturated heterocycles. The Labute approximate surface area is 178 Å². The number of carbonyl (C=O) groups excluding carboxylic acids is 2. The van der Waals surface area contributed by atoms with Gasteiger partial charge in [-0.2, -0.15) is 0 Å². The van der Waals surface area contributed by atoms with Gasteiger partial charge in [-0.15, -0.1) is 0 Å². The molecule has 5 heteroatoms. The molecule has 0 spiro atoms. The smallest absolute Gasteiger partial charge is 0.248 e. The molecule has 1 aliphatic heterocycles. The number of primary amides is 1. The molecule has 5 nitrogen and oxygen atoms in total. The van der Waals surface area contributed by atoms with Crippen LogP contribution < -0.4 is 16.0 Å². The van der Waals surface area contributed by atoms with Gasteiger partial charge in [-0.25, -0.2) is 0 Å². The third-order valence-corrected chi connectivity index (χ3v) is 6.63. The summed E-state index contributed by atoms with van der Waals surface area (Å²) in [7, 11) is 0. The molecule has 1 aliphatic carbocycles. The Kier molecular flexibility index (Phi) is 5.80. The van der Waals surface area contributed by atoms with E-state index in [-0.39, 0.29) is 18.0 Å². The summed E-state index contributed by atoms with van der Waals surface area (Å²) >= 11 is 0. The Morgan fingerprint density at radius 1 is 1.03 bits per heavy atom. The van der Waals surface area contributed by atoms with Crippen LogP contribution in [0, 0.1) is 0 Å². The average Bonchev–Trinajstić information content (AvgIpc) is 2.74. The number of hydrogen-bond donors (Lipinski definition) is 2. The van der Waals surface area contributed by atoms with E-state index in [1.165, 1.54) is 37.7 Å². The van der Waals surface area contributed by atoms with Gasteiger partial charge >= 0.3 is 0 Å². The molecule has 1 saturated carbocycles. The van der Waals surface area contributed by atoms with Gasteiger partial charge in [0.1, 0.15) is 0 Å². The standard InChI is InChI=1S/C25H31N3O2/c1-16-14-23(22-15-20(25(26)30)10-13-24(22)28(16)17(2)29)27-21-11-8-19(9-12-21)18-6-4-3-5-7-18/h8-13,15-16,18,23,27H,3-7,14H2,1-2H3,(H2,26,30). The molecule has 2 atom stereocenters. The summed E-state index contributed by atoms with van der Waals surface area (Å²) in [5.41, 5.74) is 10.3. The monoisotopic (exact) mass is 405 g/mol. The van der Waals surface area contributed by atoms with E-state index in [0.717, 1.165) is 23.4 Å². The Balaban J connectivity index is 1.60. The topological polar surface area (TPSA) is 75.4 Å². The SMILES string of the molecule is CC(=O)N1c2ccc(C(N)=O)cc2C(Nc2ccc(C3CCCCC3)cc2)CC1C. The summed E-state index contributed by atoms with van der Waals surface area (Å²) in [5, 5.41) is 3.63. The first-order chi connectivity index (χ1) is 14.4. The highest BCUT2D eigenvalue weighted by Gasteiger charge is 2.33. The minimum atomic E-state index is -0.457. The Bertz CT molecular complexity index is 932. The van der Waals surface area contributed by atoms with Crippen molar-refractivity contribution in [3.63, 3.8) is 0 Å². The third kappa shape index (κ3) is 4.07. The highest BCUT2D eigenvalue weighted by Crippen LogP contribution is 2.40. The predicted octanol–water partition coefficient (Wildman–Crippen LogP) is 5.13. The highest BCUT2D eigenvalue weighted by molar-refractivity contribution is 5.97. The molecule has 2 amide bonds. The molecule has 2 unspecified atom stereocenters. The van der Waals surface area contributed by atoms with Crippen LogP contribution in [0.3, 0.4) is 0 Å². The minimum Gasteiger partial charge on any atom is -0.378 e. The van der Waals surface area contributed by atoms with Gasteiger partial charge in [0.05, 0.1) is 6.04 Å². The molecule has 1 heterocycles. The number of nitrogens with zero attached hydrogens (tertiary/aromatic N) is 1. The van der Waals surface area contributed by atoms with E-state index in [4.69, 9.17) is 5.73 Å². The zero-order chi connectivity index (χ0) is 21.3. The fourth-order valence-corrected chi connectivity index (χ4v) is 5.12. The Hall–Kier alpha value is -2.82. The van der Waals surface area contributed by atoms with Crippen molar-refractivity contribution in [2.45, 2.75) is 70.4 Å². The first kappa shape index (κ1) is 20.5. The van der Waals surface area contributed by atoms with E-state index in [1.54, 1.807) is 13.0 Å². The van der Waals surface area contributed by atoms with Gasteiger partial charge < -0.3 is 16.0 Å². The molecule has 4 rings (SSSR count). The van der Waals surface area contributed by atoms with Crippen molar-refractivity contribution in [1.29, 1.82) is 0 Å². The average molecular weight is 406 g/mol. The van der Waals surface area contributed by atoms with Crippen molar-refractivity contribution in [1.82, 2.24) is 0 Å². The maximum atomic E-state index is 12.3.